The molecule has 0 aliphatic heterocycles. The normalized spacial score (nSPS) is 10.7. The fourth-order valence-corrected chi connectivity index (χ4v) is 2.85. The van der Waals surface area contributed by atoms with E-state index in [2.05, 4.69) is 15.7 Å². The molecule has 0 radical (unpaired) electrons. The van der Waals surface area contributed by atoms with Crippen molar-refractivity contribution in [3.05, 3.63) is 76.4 Å². The quantitative estimate of drug-likeness (QED) is 0.762. The standard InChI is InChI=1S/C17H15FN2S/c18-15-9-5-4-8-14(15)10-19-11-17-20-16(12-21-17)13-6-2-1-3-7-13/h1-9,12,19H,10-11H2. The molecule has 106 valence electrons. The number of benzene rings is 2. The van der Waals surface area contributed by atoms with Crippen LogP contribution in [-0.2, 0) is 13.1 Å². The van der Waals surface area contributed by atoms with E-state index in [1.807, 2.05) is 36.4 Å². The van der Waals surface area contributed by atoms with Crippen molar-refractivity contribution in [3.63, 3.8) is 0 Å². The average molecular weight is 298 g/mol. The van der Waals surface area contributed by atoms with Gasteiger partial charge in [-0.05, 0) is 6.07 Å². The molecule has 3 aromatic rings. The Bertz CT molecular complexity index is 710. The fourth-order valence-electron chi connectivity index (χ4n) is 2.08. The number of hydrogen-bond donors (Lipinski definition) is 1. The number of halogens is 1. The second kappa shape index (κ2) is 6.61. The smallest absolute Gasteiger partial charge is 0.127 e. The Hall–Kier alpha value is -2.04. The number of rotatable bonds is 5. The Morgan fingerprint density at radius 3 is 2.52 bits per heavy atom. The van der Waals surface area contributed by atoms with Crippen molar-refractivity contribution in [1.82, 2.24) is 10.3 Å². The van der Waals surface area contributed by atoms with Crippen LogP contribution in [0, 0.1) is 5.82 Å². The van der Waals surface area contributed by atoms with Crippen LogP contribution in [0.4, 0.5) is 4.39 Å². The molecule has 0 saturated heterocycles. The molecule has 0 atom stereocenters. The summed E-state index contributed by atoms with van der Waals surface area (Å²) in [5, 5.41) is 6.29. The van der Waals surface area contributed by atoms with Gasteiger partial charge in [-0.1, -0.05) is 48.5 Å². The number of hydrogen-bond acceptors (Lipinski definition) is 3. The van der Waals surface area contributed by atoms with Gasteiger partial charge in [-0.3, -0.25) is 0 Å². The molecule has 1 aromatic heterocycles. The minimum absolute atomic E-state index is 0.172. The molecule has 21 heavy (non-hydrogen) atoms. The largest absolute Gasteiger partial charge is 0.306 e. The lowest BCUT2D eigenvalue weighted by Gasteiger charge is -2.03. The molecular formula is C17H15FN2S. The van der Waals surface area contributed by atoms with E-state index in [-0.39, 0.29) is 5.82 Å². The van der Waals surface area contributed by atoms with Crippen molar-refractivity contribution in [1.29, 1.82) is 0 Å². The van der Waals surface area contributed by atoms with Gasteiger partial charge in [-0.25, -0.2) is 9.37 Å². The van der Waals surface area contributed by atoms with Crippen molar-refractivity contribution < 1.29 is 4.39 Å². The van der Waals surface area contributed by atoms with Crippen molar-refractivity contribution in [3.8, 4) is 11.3 Å². The van der Waals surface area contributed by atoms with Crippen LogP contribution in [-0.4, -0.2) is 4.98 Å². The summed E-state index contributed by atoms with van der Waals surface area (Å²) in [7, 11) is 0. The van der Waals surface area contributed by atoms with Crippen molar-refractivity contribution in [2.24, 2.45) is 0 Å². The minimum atomic E-state index is -0.172. The van der Waals surface area contributed by atoms with Crippen LogP contribution < -0.4 is 5.32 Å². The van der Waals surface area contributed by atoms with Crippen LogP contribution in [0.5, 0.6) is 0 Å². The second-order valence-corrected chi connectivity index (χ2v) is 5.63. The van der Waals surface area contributed by atoms with Gasteiger partial charge in [0.25, 0.3) is 0 Å². The maximum atomic E-state index is 13.5. The first-order chi connectivity index (χ1) is 10.3. The van der Waals surface area contributed by atoms with Gasteiger partial charge < -0.3 is 5.32 Å². The Balaban J connectivity index is 1.60. The van der Waals surface area contributed by atoms with Crippen molar-refractivity contribution in [2.45, 2.75) is 13.1 Å². The van der Waals surface area contributed by atoms with Crippen LogP contribution in [0.2, 0.25) is 0 Å². The Kier molecular flexibility index (Phi) is 4.38. The lowest BCUT2D eigenvalue weighted by atomic mass is 10.2. The summed E-state index contributed by atoms with van der Waals surface area (Å²) in [5.41, 5.74) is 2.79. The first-order valence-corrected chi connectivity index (χ1v) is 7.65. The molecule has 4 heteroatoms. The Morgan fingerprint density at radius 2 is 1.71 bits per heavy atom. The third-order valence-electron chi connectivity index (χ3n) is 3.17. The van der Waals surface area contributed by atoms with E-state index >= 15 is 0 Å². The zero-order chi connectivity index (χ0) is 14.5. The van der Waals surface area contributed by atoms with Gasteiger partial charge in [-0.15, -0.1) is 11.3 Å². The van der Waals surface area contributed by atoms with E-state index in [0.717, 1.165) is 16.3 Å². The Morgan fingerprint density at radius 1 is 0.952 bits per heavy atom. The highest BCUT2D eigenvalue weighted by Crippen LogP contribution is 2.21. The molecule has 0 aliphatic carbocycles. The van der Waals surface area contributed by atoms with Gasteiger partial charge in [0.1, 0.15) is 10.8 Å². The van der Waals surface area contributed by atoms with E-state index in [4.69, 9.17) is 0 Å². The van der Waals surface area contributed by atoms with E-state index in [1.165, 1.54) is 6.07 Å². The van der Waals surface area contributed by atoms with Crippen molar-refractivity contribution in [2.75, 3.05) is 0 Å². The summed E-state index contributed by atoms with van der Waals surface area (Å²) >= 11 is 1.62. The van der Waals surface area contributed by atoms with E-state index in [9.17, 15) is 4.39 Å². The summed E-state index contributed by atoms with van der Waals surface area (Å²) in [6.07, 6.45) is 0. The molecule has 0 amide bonds. The zero-order valence-electron chi connectivity index (χ0n) is 11.4. The van der Waals surface area contributed by atoms with E-state index in [0.29, 0.717) is 18.7 Å². The van der Waals surface area contributed by atoms with Gasteiger partial charge in [0.15, 0.2) is 0 Å². The first kappa shape index (κ1) is 13.9. The van der Waals surface area contributed by atoms with Gasteiger partial charge in [0.05, 0.1) is 5.69 Å². The minimum Gasteiger partial charge on any atom is -0.306 e. The lowest BCUT2D eigenvalue weighted by molar-refractivity contribution is 0.587. The molecule has 2 aromatic carbocycles. The van der Waals surface area contributed by atoms with Gasteiger partial charge in [-0.2, -0.15) is 0 Å². The molecule has 3 rings (SSSR count). The van der Waals surface area contributed by atoms with Crippen molar-refractivity contribution >= 4 is 11.3 Å². The molecule has 0 bridgehead atoms. The third kappa shape index (κ3) is 3.54. The van der Waals surface area contributed by atoms with E-state index < -0.39 is 0 Å². The molecule has 1 N–H and O–H groups in total. The highest BCUT2D eigenvalue weighted by Gasteiger charge is 2.05. The van der Waals surface area contributed by atoms with Gasteiger partial charge in [0.2, 0.25) is 0 Å². The summed E-state index contributed by atoms with van der Waals surface area (Å²) in [6.45, 7) is 1.15. The third-order valence-corrected chi connectivity index (χ3v) is 4.02. The molecule has 0 spiro atoms. The SMILES string of the molecule is Fc1ccccc1CNCc1nc(-c2ccccc2)cs1. The van der Waals surface area contributed by atoms with E-state index in [1.54, 1.807) is 23.5 Å². The molecule has 0 aliphatic rings. The van der Waals surface area contributed by atoms with Crippen LogP contribution >= 0.6 is 11.3 Å². The summed E-state index contributed by atoms with van der Waals surface area (Å²) in [6, 6.07) is 16.9. The van der Waals surface area contributed by atoms with Gasteiger partial charge in [0, 0.05) is 29.6 Å². The second-order valence-electron chi connectivity index (χ2n) is 4.69. The molecule has 2 nitrogen and oxygen atoms in total. The lowest BCUT2D eigenvalue weighted by Crippen LogP contribution is -2.13. The van der Waals surface area contributed by atoms with Crippen LogP contribution in [0.15, 0.2) is 60.0 Å². The van der Waals surface area contributed by atoms with Crippen LogP contribution in [0.1, 0.15) is 10.6 Å². The van der Waals surface area contributed by atoms with Crippen LogP contribution in [0.3, 0.4) is 0 Å². The number of thiazole rings is 1. The summed E-state index contributed by atoms with van der Waals surface area (Å²) in [4.78, 5) is 4.60. The molecule has 0 unspecified atom stereocenters. The predicted molar refractivity (Wildman–Crippen MR) is 84.5 cm³/mol. The molecule has 0 fully saturated rings. The summed E-state index contributed by atoms with van der Waals surface area (Å²) < 4.78 is 13.5. The topological polar surface area (TPSA) is 24.9 Å². The number of nitrogens with one attached hydrogen (secondary N) is 1. The number of nitrogens with zero attached hydrogens (tertiary/aromatic N) is 1. The maximum Gasteiger partial charge on any atom is 0.127 e. The fraction of sp³-hybridized carbons (Fsp3) is 0.118. The maximum absolute atomic E-state index is 13.5. The highest BCUT2D eigenvalue weighted by molar-refractivity contribution is 7.09. The average Bonchev–Trinajstić information content (AvgIpc) is 2.99. The monoisotopic (exact) mass is 298 g/mol. The molecular weight excluding hydrogens is 283 g/mol. The Labute approximate surface area is 127 Å². The summed E-state index contributed by atoms with van der Waals surface area (Å²) in [5.74, 6) is -0.172. The van der Waals surface area contributed by atoms with Gasteiger partial charge >= 0.3 is 0 Å². The molecule has 1 heterocycles. The number of aromatic nitrogens is 1. The predicted octanol–water partition coefficient (Wildman–Crippen LogP) is 4.24. The first-order valence-electron chi connectivity index (χ1n) is 6.77. The molecule has 0 saturated carbocycles. The highest BCUT2D eigenvalue weighted by atomic mass is 32.1. The zero-order valence-corrected chi connectivity index (χ0v) is 12.2. The van der Waals surface area contributed by atoms with Crippen LogP contribution in [0.25, 0.3) is 11.3 Å².